The molecule has 17 heavy (non-hydrogen) atoms. The van der Waals surface area contributed by atoms with Crippen molar-refractivity contribution in [3.63, 3.8) is 0 Å². The van der Waals surface area contributed by atoms with Crippen molar-refractivity contribution in [1.29, 1.82) is 0 Å². The van der Waals surface area contributed by atoms with Crippen LogP contribution in [0.1, 0.15) is 45.4 Å². The van der Waals surface area contributed by atoms with Gasteiger partial charge in [-0.25, -0.2) is 0 Å². The number of hydrogen-bond donors (Lipinski definition) is 0. The van der Waals surface area contributed by atoms with E-state index in [1.807, 2.05) is 6.92 Å². The van der Waals surface area contributed by atoms with Crippen LogP contribution in [0.25, 0.3) is 0 Å². The maximum atomic E-state index is 11.4. The highest BCUT2D eigenvalue weighted by atomic mass is 31.2. The minimum Gasteiger partial charge on any atom is -0.756 e. The summed E-state index contributed by atoms with van der Waals surface area (Å²) in [6.07, 6.45) is 10.2. The van der Waals surface area contributed by atoms with E-state index in [0.29, 0.717) is 12.3 Å². The minimum absolute atomic E-state index is 0.203. The fraction of sp³-hybridized carbons (Fsp3) is 0.833. The Kier molecular flexibility index (Phi) is 7.05. The van der Waals surface area contributed by atoms with Crippen molar-refractivity contribution in [3.05, 3.63) is 12.2 Å². The summed E-state index contributed by atoms with van der Waals surface area (Å²) in [5.41, 5.74) is 0. The van der Waals surface area contributed by atoms with Crippen LogP contribution < -0.4 is 4.89 Å². The summed E-state index contributed by atoms with van der Waals surface area (Å²) in [6, 6.07) is 0. The highest BCUT2D eigenvalue weighted by molar-refractivity contribution is 7.45. The Balaban J connectivity index is 2.28. The lowest BCUT2D eigenvalue weighted by Gasteiger charge is -2.25. The summed E-state index contributed by atoms with van der Waals surface area (Å²) in [5, 5.41) is 0. The van der Waals surface area contributed by atoms with E-state index in [4.69, 9.17) is 4.52 Å². The van der Waals surface area contributed by atoms with Crippen molar-refractivity contribution in [3.8, 4) is 0 Å². The molecule has 5 heteroatoms. The Morgan fingerprint density at radius 3 is 2.82 bits per heavy atom. The molecule has 0 saturated heterocycles. The van der Waals surface area contributed by atoms with Crippen molar-refractivity contribution >= 4 is 7.82 Å². The lowest BCUT2D eigenvalue weighted by molar-refractivity contribution is -0.226. The molecule has 1 aliphatic rings. The van der Waals surface area contributed by atoms with Gasteiger partial charge in [0.15, 0.2) is 0 Å². The van der Waals surface area contributed by atoms with Gasteiger partial charge in [-0.3, -0.25) is 4.57 Å². The molecule has 0 bridgehead atoms. The zero-order valence-electron chi connectivity index (χ0n) is 10.5. The molecule has 0 aliphatic heterocycles. The van der Waals surface area contributed by atoms with E-state index < -0.39 is 7.82 Å². The molecule has 0 aromatic rings. The van der Waals surface area contributed by atoms with Crippen LogP contribution in [-0.2, 0) is 13.6 Å². The maximum absolute atomic E-state index is 11.4. The van der Waals surface area contributed by atoms with E-state index in [1.165, 1.54) is 0 Å². The summed E-state index contributed by atoms with van der Waals surface area (Å²) >= 11 is 0. The first kappa shape index (κ1) is 14.9. The standard InChI is InChI=1S/C12H23O4P/c1-2-10-15-17(13,14)16-11-12-8-6-4-3-5-7-9-12/h3-4,12H,2,5-11H2,1H3,(H,13,14)/p-1/b4-3-. The second-order valence-corrected chi connectivity index (χ2v) is 5.83. The average molecular weight is 261 g/mol. The molecule has 1 aliphatic carbocycles. The van der Waals surface area contributed by atoms with Crippen molar-refractivity contribution in [2.24, 2.45) is 5.92 Å². The molecule has 2 unspecified atom stereocenters. The van der Waals surface area contributed by atoms with Gasteiger partial charge in [0.05, 0.1) is 13.2 Å². The first-order chi connectivity index (χ1) is 8.14. The van der Waals surface area contributed by atoms with Crippen molar-refractivity contribution in [2.45, 2.75) is 45.4 Å². The monoisotopic (exact) mass is 261 g/mol. The van der Waals surface area contributed by atoms with Gasteiger partial charge in [-0.1, -0.05) is 19.1 Å². The van der Waals surface area contributed by atoms with Gasteiger partial charge >= 0.3 is 0 Å². The van der Waals surface area contributed by atoms with Crippen LogP contribution in [0.15, 0.2) is 12.2 Å². The molecule has 0 spiro atoms. The normalized spacial score (nSPS) is 26.8. The lowest BCUT2D eigenvalue weighted by atomic mass is 9.95. The molecular formula is C12H22O4P-. The summed E-state index contributed by atoms with van der Waals surface area (Å²) < 4.78 is 21.0. The van der Waals surface area contributed by atoms with Crippen LogP contribution in [0.2, 0.25) is 0 Å². The molecule has 0 heterocycles. The quantitative estimate of drug-likeness (QED) is 0.544. The minimum atomic E-state index is -4.07. The van der Waals surface area contributed by atoms with E-state index >= 15 is 0 Å². The maximum Gasteiger partial charge on any atom is 0.267 e. The van der Waals surface area contributed by atoms with E-state index in [-0.39, 0.29) is 13.2 Å². The zero-order chi connectivity index (χ0) is 12.6. The molecular weight excluding hydrogens is 239 g/mol. The Morgan fingerprint density at radius 2 is 2.06 bits per heavy atom. The molecule has 0 radical (unpaired) electrons. The first-order valence-electron chi connectivity index (χ1n) is 6.39. The molecule has 0 fully saturated rings. The van der Waals surface area contributed by atoms with Crippen LogP contribution in [0.3, 0.4) is 0 Å². The van der Waals surface area contributed by atoms with E-state index in [0.717, 1.165) is 32.1 Å². The van der Waals surface area contributed by atoms with Gasteiger partial charge < -0.3 is 13.9 Å². The molecule has 100 valence electrons. The molecule has 0 amide bonds. The van der Waals surface area contributed by atoms with Crippen molar-refractivity contribution in [2.75, 3.05) is 13.2 Å². The second kappa shape index (κ2) is 8.04. The summed E-state index contributed by atoms with van der Waals surface area (Å²) in [5.74, 6) is 0.326. The summed E-state index contributed by atoms with van der Waals surface area (Å²) in [7, 11) is -4.07. The van der Waals surface area contributed by atoms with E-state index in [9.17, 15) is 9.46 Å². The van der Waals surface area contributed by atoms with Crippen LogP contribution in [0, 0.1) is 5.92 Å². The summed E-state index contributed by atoms with van der Waals surface area (Å²) in [4.78, 5) is 11.4. The highest BCUT2D eigenvalue weighted by Gasteiger charge is 2.14. The fourth-order valence-corrected chi connectivity index (χ4v) is 2.71. The predicted octanol–water partition coefficient (Wildman–Crippen LogP) is 3.03. The lowest BCUT2D eigenvalue weighted by Crippen LogP contribution is -2.15. The van der Waals surface area contributed by atoms with Gasteiger partial charge in [0.1, 0.15) is 0 Å². The molecule has 0 aromatic carbocycles. The van der Waals surface area contributed by atoms with Gasteiger partial charge in [0, 0.05) is 0 Å². The van der Waals surface area contributed by atoms with Crippen LogP contribution in [0.4, 0.5) is 0 Å². The number of phosphoric acid groups is 1. The number of phosphoric ester groups is 1. The van der Waals surface area contributed by atoms with Gasteiger partial charge in [-0.05, 0) is 44.4 Å². The van der Waals surface area contributed by atoms with E-state index in [2.05, 4.69) is 16.7 Å². The molecule has 2 atom stereocenters. The van der Waals surface area contributed by atoms with Gasteiger partial charge in [-0.2, -0.15) is 0 Å². The second-order valence-electron chi connectivity index (χ2n) is 4.42. The predicted molar refractivity (Wildman–Crippen MR) is 65.5 cm³/mol. The third-order valence-electron chi connectivity index (χ3n) is 2.81. The Labute approximate surface area is 104 Å². The zero-order valence-corrected chi connectivity index (χ0v) is 11.4. The van der Waals surface area contributed by atoms with Gasteiger partial charge in [-0.15, -0.1) is 0 Å². The Hall–Kier alpha value is -0.150. The first-order valence-corrected chi connectivity index (χ1v) is 7.85. The molecule has 0 saturated carbocycles. The molecule has 4 nitrogen and oxygen atoms in total. The highest BCUT2D eigenvalue weighted by Crippen LogP contribution is 2.39. The average Bonchev–Trinajstić information content (AvgIpc) is 2.25. The van der Waals surface area contributed by atoms with Crippen LogP contribution >= 0.6 is 7.82 Å². The number of allylic oxidation sites excluding steroid dienone is 2. The van der Waals surface area contributed by atoms with Gasteiger partial charge in [0.25, 0.3) is 7.82 Å². The molecule has 0 aromatic heterocycles. The van der Waals surface area contributed by atoms with Crippen molar-refractivity contribution < 1.29 is 18.5 Å². The van der Waals surface area contributed by atoms with Crippen LogP contribution in [-0.4, -0.2) is 13.2 Å². The smallest absolute Gasteiger partial charge is 0.267 e. The van der Waals surface area contributed by atoms with E-state index in [1.54, 1.807) is 0 Å². The third kappa shape index (κ3) is 6.99. The SMILES string of the molecule is CCCOP(=O)([O-])OCC1CC/C=C\CCC1. The molecule has 0 N–H and O–H groups in total. The largest absolute Gasteiger partial charge is 0.756 e. The fourth-order valence-electron chi connectivity index (χ4n) is 1.84. The summed E-state index contributed by atoms with van der Waals surface area (Å²) in [6.45, 7) is 2.33. The van der Waals surface area contributed by atoms with Gasteiger partial charge in [0.2, 0.25) is 0 Å². The van der Waals surface area contributed by atoms with Crippen molar-refractivity contribution in [1.82, 2.24) is 0 Å². The Morgan fingerprint density at radius 1 is 1.29 bits per heavy atom. The van der Waals surface area contributed by atoms with Crippen LogP contribution in [0.5, 0.6) is 0 Å². The third-order valence-corrected chi connectivity index (χ3v) is 3.78. The number of hydrogen-bond acceptors (Lipinski definition) is 4. The topological polar surface area (TPSA) is 58.6 Å². The Bertz CT molecular complexity index is 278. The number of rotatable bonds is 6. The molecule has 1 rings (SSSR count).